The number of piperazine rings is 1. The Morgan fingerprint density at radius 2 is 1.57 bits per heavy atom. The molecule has 1 heterocycles. The third kappa shape index (κ3) is 2.56. The molecule has 2 saturated carbocycles. The molecule has 3 fully saturated rings. The molecule has 5 nitrogen and oxygen atoms in total. The smallest absolute Gasteiger partial charge is 0.227 e. The van der Waals surface area contributed by atoms with Gasteiger partial charge in [0.25, 0.3) is 0 Å². The molecule has 2 N–H and O–H groups in total. The van der Waals surface area contributed by atoms with Crippen molar-refractivity contribution in [2.24, 2.45) is 29.4 Å². The Hall–Kier alpha value is -1.10. The lowest BCUT2D eigenvalue weighted by molar-refractivity contribution is -0.144. The Morgan fingerprint density at radius 3 is 2.10 bits per heavy atom. The minimum absolute atomic E-state index is 0.0336. The first-order valence-corrected chi connectivity index (χ1v) is 8.32. The van der Waals surface area contributed by atoms with E-state index in [0.29, 0.717) is 38.0 Å². The molecule has 2 bridgehead atoms. The lowest BCUT2D eigenvalue weighted by atomic mass is 9.84. The Bertz CT molecular complexity index is 427. The van der Waals surface area contributed by atoms with Crippen molar-refractivity contribution < 1.29 is 9.59 Å². The summed E-state index contributed by atoms with van der Waals surface area (Å²) >= 11 is 0. The van der Waals surface area contributed by atoms with Crippen molar-refractivity contribution in [3.63, 3.8) is 0 Å². The molecule has 1 saturated heterocycles. The first-order valence-electron chi connectivity index (χ1n) is 8.32. The number of carbonyl (C=O) groups excluding carboxylic acids is 2. The van der Waals surface area contributed by atoms with Crippen molar-refractivity contribution in [2.75, 3.05) is 26.2 Å². The number of rotatable bonds is 2. The second kappa shape index (κ2) is 5.59. The average Bonchev–Trinajstić information content (AvgIpc) is 3.07. The molecule has 118 valence electrons. The predicted molar refractivity (Wildman–Crippen MR) is 80.3 cm³/mol. The maximum atomic E-state index is 12.8. The fourth-order valence-corrected chi connectivity index (χ4v) is 4.43. The fourth-order valence-electron chi connectivity index (χ4n) is 4.43. The summed E-state index contributed by atoms with van der Waals surface area (Å²) in [5.74, 6) is 1.58. The number of hydrogen-bond donors (Lipinski definition) is 1. The van der Waals surface area contributed by atoms with E-state index in [1.54, 1.807) is 0 Å². The Morgan fingerprint density at radius 1 is 1.00 bits per heavy atom. The zero-order valence-electron chi connectivity index (χ0n) is 13.1. The Labute approximate surface area is 126 Å². The van der Waals surface area contributed by atoms with Crippen molar-refractivity contribution in [1.29, 1.82) is 0 Å². The van der Waals surface area contributed by atoms with Gasteiger partial charge in [-0.2, -0.15) is 0 Å². The van der Waals surface area contributed by atoms with E-state index < -0.39 is 0 Å². The fraction of sp³-hybridized carbons (Fsp3) is 0.875. The molecular weight excluding hydrogens is 266 g/mol. The van der Waals surface area contributed by atoms with Crippen LogP contribution in [0.4, 0.5) is 0 Å². The zero-order chi connectivity index (χ0) is 15.1. The summed E-state index contributed by atoms with van der Waals surface area (Å²) < 4.78 is 0. The number of carbonyl (C=O) groups is 2. The van der Waals surface area contributed by atoms with Crippen molar-refractivity contribution >= 4 is 11.8 Å². The van der Waals surface area contributed by atoms with Crippen LogP contribution < -0.4 is 5.73 Å². The molecule has 4 unspecified atom stereocenters. The van der Waals surface area contributed by atoms with Crippen LogP contribution in [0, 0.1) is 23.7 Å². The second-order valence-electron chi connectivity index (χ2n) is 7.24. The van der Waals surface area contributed by atoms with E-state index in [0.717, 1.165) is 6.42 Å². The SMILES string of the molecule is CC(C)C(=O)N1CCN(C(=O)C2C3CCC(C3)C2N)CC1. The molecule has 1 aliphatic heterocycles. The minimum Gasteiger partial charge on any atom is -0.339 e. The molecule has 0 spiro atoms. The highest BCUT2D eigenvalue weighted by molar-refractivity contribution is 5.82. The van der Waals surface area contributed by atoms with Crippen LogP contribution in [0.25, 0.3) is 0 Å². The highest BCUT2D eigenvalue weighted by Gasteiger charge is 2.50. The van der Waals surface area contributed by atoms with Gasteiger partial charge in [0.2, 0.25) is 11.8 Å². The zero-order valence-corrected chi connectivity index (χ0v) is 13.1. The van der Waals surface area contributed by atoms with Gasteiger partial charge in [0, 0.05) is 38.1 Å². The normalized spacial score (nSPS) is 35.6. The van der Waals surface area contributed by atoms with Gasteiger partial charge in [-0.05, 0) is 31.1 Å². The van der Waals surface area contributed by atoms with Gasteiger partial charge in [-0.3, -0.25) is 9.59 Å². The van der Waals surface area contributed by atoms with Crippen molar-refractivity contribution in [3.05, 3.63) is 0 Å². The van der Waals surface area contributed by atoms with Gasteiger partial charge in [0.1, 0.15) is 0 Å². The van der Waals surface area contributed by atoms with Gasteiger partial charge < -0.3 is 15.5 Å². The van der Waals surface area contributed by atoms with E-state index in [4.69, 9.17) is 5.73 Å². The maximum Gasteiger partial charge on any atom is 0.227 e. The summed E-state index contributed by atoms with van der Waals surface area (Å²) in [6, 6.07) is 0.0616. The molecule has 0 aromatic carbocycles. The van der Waals surface area contributed by atoms with Crippen LogP contribution >= 0.6 is 0 Å². The van der Waals surface area contributed by atoms with E-state index in [-0.39, 0.29) is 29.7 Å². The molecule has 2 aliphatic carbocycles. The van der Waals surface area contributed by atoms with E-state index >= 15 is 0 Å². The van der Waals surface area contributed by atoms with Gasteiger partial charge in [-0.25, -0.2) is 0 Å². The van der Waals surface area contributed by atoms with Crippen LogP contribution in [0.15, 0.2) is 0 Å². The molecule has 0 aromatic rings. The molecule has 0 aromatic heterocycles. The lowest BCUT2D eigenvalue weighted by Gasteiger charge is -2.39. The molecule has 3 aliphatic rings. The first-order chi connectivity index (χ1) is 9.99. The van der Waals surface area contributed by atoms with Gasteiger partial charge in [0.05, 0.1) is 5.92 Å². The second-order valence-corrected chi connectivity index (χ2v) is 7.24. The van der Waals surface area contributed by atoms with Gasteiger partial charge in [-0.1, -0.05) is 13.8 Å². The highest BCUT2D eigenvalue weighted by atomic mass is 16.2. The minimum atomic E-state index is 0.0336. The van der Waals surface area contributed by atoms with E-state index in [1.165, 1.54) is 12.8 Å². The quantitative estimate of drug-likeness (QED) is 0.814. The van der Waals surface area contributed by atoms with Crippen LogP contribution in [0.3, 0.4) is 0 Å². The summed E-state index contributed by atoms with van der Waals surface area (Å²) in [7, 11) is 0. The third-order valence-electron chi connectivity index (χ3n) is 5.66. The molecule has 2 amide bonds. The average molecular weight is 293 g/mol. The van der Waals surface area contributed by atoms with Crippen molar-refractivity contribution in [2.45, 2.75) is 39.2 Å². The van der Waals surface area contributed by atoms with E-state index in [9.17, 15) is 9.59 Å². The molecule has 3 rings (SSSR count). The van der Waals surface area contributed by atoms with Crippen LogP contribution in [-0.2, 0) is 9.59 Å². The third-order valence-corrected chi connectivity index (χ3v) is 5.66. The monoisotopic (exact) mass is 293 g/mol. The van der Waals surface area contributed by atoms with E-state index in [1.807, 2.05) is 23.6 Å². The predicted octanol–water partition coefficient (Wildman–Crippen LogP) is 0.687. The Kier molecular flexibility index (Phi) is 3.95. The number of hydrogen-bond acceptors (Lipinski definition) is 3. The topological polar surface area (TPSA) is 66.6 Å². The van der Waals surface area contributed by atoms with Crippen molar-refractivity contribution in [3.8, 4) is 0 Å². The largest absolute Gasteiger partial charge is 0.339 e. The van der Waals surface area contributed by atoms with Crippen LogP contribution in [0.1, 0.15) is 33.1 Å². The van der Waals surface area contributed by atoms with Gasteiger partial charge in [0.15, 0.2) is 0 Å². The molecule has 0 radical (unpaired) electrons. The van der Waals surface area contributed by atoms with Gasteiger partial charge in [-0.15, -0.1) is 0 Å². The van der Waals surface area contributed by atoms with Crippen molar-refractivity contribution in [1.82, 2.24) is 9.80 Å². The number of nitrogens with zero attached hydrogens (tertiary/aromatic N) is 2. The summed E-state index contributed by atoms with van der Waals surface area (Å²) in [5, 5.41) is 0. The highest BCUT2D eigenvalue weighted by Crippen LogP contribution is 2.48. The number of nitrogens with two attached hydrogens (primary N) is 1. The molecule has 5 heteroatoms. The van der Waals surface area contributed by atoms with E-state index in [2.05, 4.69) is 0 Å². The standard InChI is InChI=1S/C16H27N3O2/c1-10(2)15(20)18-5-7-19(8-6-18)16(21)13-11-3-4-12(9-11)14(13)17/h10-14H,3-9,17H2,1-2H3. The van der Waals surface area contributed by atoms with Crippen LogP contribution in [0.2, 0.25) is 0 Å². The molecule has 4 atom stereocenters. The van der Waals surface area contributed by atoms with Crippen LogP contribution in [-0.4, -0.2) is 53.8 Å². The van der Waals surface area contributed by atoms with Gasteiger partial charge >= 0.3 is 0 Å². The summed E-state index contributed by atoms with van der Waals surface area (Å²) in [4.78, 5) is 28.6. The summed E-state index contributed by atoms with van der Waals surface area (Å²) in [6.07, 6.45) is 3.51. The number of fused-ring (bicyclic) bond motifs is 2. The summed E-state index contributed by atoms with van der Waals surface area (Å²) in [6.45, 7) is 6.51. The lowest BCUT2D eigenvalue weighted by Crippen LogP contribution is -2.55. The number of amides is 2. The van der Waals surface area contributed by atoms with Crippen LogP contribution in [0.5, 0.6) is 0 Å². The Balaban J connectivity index is 1.57. The molecule has 21 heavy (non-hydrogen) atoms. The maximum absolute atomic E-state index is 12.8. The molecular formula is C16H27N3O2. The summed E-state index contributed by atoms with van der Waals surface area (Å²) in [5.41, 5.74) is 6.27. The first kappa shape index (κ1) is 14.8.